The molecule has 132 valence electrons. The summed E-state index contributed by atoms with van der Waals surface area (Å²) < 4.78 is 10.5. The van der Waals surface area contributed by atoms with Crippen molar-refractivity contribution in [2.24, 2.45) is 0 Å². The van der Waals surface area contributed by atoms with Crippen LogP contribution in [0.3, 0.4) is 0 Å². The van der Waals surface area contributed by atoms with Crippen molar-refractivity contribution in [1.29, 1.82) is 0 Å². The average molecular weight is 338 g/mol. The molecule has 0 radical (unpaired) electrons. The number of ether oxygens (including phenoxy) is 2. The van der Waals surface area contributed by atoms with Gasteiger partial charge in [-0.15, -0.1) is 0 Å². The monoisotopic (exact) mass is 338 g/mol. The zero-order valence-electron chi connectivity index (χ0n) is 13.3. The lowest BCUT2D eigenvalue weighted by Gasteiger charge is -2.34. The van der Waals surface area contributed by atoms with Gasteiger partial charge in [-0.05, 0) is 6.42 Å². The molecule has 0 bridgehead atoms. The van der Waals surface area contributed by atoms with Gasteiger partial charge in [-0.3, -0.25) is 4.79 Å². The summed E-state index contributed by atoms with van der Waals surface area (Å²) in [6.45, 7) is 2.81. The van der Waals surface area contributed by atoms with E-state index in [4.69, 9.17) is 14.6 Å². The number of morpholine rings is 1. The number of amides is 1. The fourth-order valence-electron chi connectivity index (χ4n) is 2.81. The van der Waals surface area contributed by atoms with E-state index in [1.54, 1.807) is 0 Å². The van der Waals surface area contributed by atoms with Crippen molar-refractivity contribution in [2.45, 2.75) is 24.7 Å². The summed E-state index contributed by atoms with van der Waals surface area (Å²) >= 11 is 0. The number of hydrogen-bond acceptors (Lipinski definition) is 8. The van der Waals surface area contributed by atoms with Gasteiger partial charge in [0.25, 0.3) is 5.91 Å². The number of carbonyl (C=O) groups is 1. The highest BCUT2D eigenvalue weighted by molar-refractivity contribution is 5.93. The largest absolute Gasteiger partial charge is 0.394 e. The molecule has 3 N–H and O–H groups in total. The molecule has 3 rings (SSSR count). The molecule has 0 aromatic carbocycles. The lowest BCUT2D eigenvalue weighted by atomic mass is 9.99. The van der Waals surface area contributed by atoms with Crippen LogP contribution in [-0.2, 0) is 9.47 Å². The molecule has 2 saturated heterocycles. The Morgan fingerprint density at radius 3 is 2.67 bits per heavy atom. The Morgan fingerprint density at radius 1 is 1.29 bits per heavy atom. The summed E-state index contributed by atoms with van der Waals surface area (Å²) in [6.07, 6.45) is 1.81. The molecule has 0 aliphatic carbocycles. The molecule has 2 fully saturated rings. The van der Waals surface area contributed by atoms with Gasteiger partial charge in [-0.25, -0.2) is 9.97 Å². The first kappa shape index (κ1) is 17.0. The van der Waals surface area contributed by atoms with Crippen molar-refractivity contribution in [1.82, 2.24) is 15.3 Å². The number of aliphatic hydroxyl groups excluding tert-OH is 2. The Bertz CT molecular complexity index is 549. The molecule has 3 atom stereocenters. The third-order valence-electron chi connectivity index (χ3n) is 4.24. The van der Waals surface area contributed by atoms with Crippen LogP contribution in [0.1, 0.15) is 16.8 Å². The van der Waals surface area contributed by atoms with E-state index in [9.17, 15) is 9.90 Å². The van der Waals surface area contributed by atoms with Gasteiger partial charge >= 0.3 is 0 Å². The van der Waals surface area contributed by atoms with Gasteiger partial charge in [0.2, 0.25) is 5.95 Å². The minimum absolute atomic E-state index is 0.287. The Morgan fingerprint density at radius 2 is 2.00 bits per heavy atom. The molecule has 0 saturated carbocycles. The van der Waals surface area contributed by atoms with Crippen LogP contribution < -0.4 is 10.2 Å². The molecule has 1 amide bonds. The Balaban J connectivity index is 1.60. The number of rotatable bonds is 4. The maximum absolute atomic E-state index is 12.3. The van der Waals surface area contributed by atoms with Crippen LogP contribution in [0.15, 0.2) is 12.4 Å². The van der Waals surface area contributed by atoms with Crippen molar-refractivity contribution < 1.29 is 24.5 Å². The van der Waals surface area contributed by atoms with Crippen molar-refractivity contribution in [3.05, 3.63) is 18.0 Å². The van der Waals surface area contributed by atoms with Gasteiger partial charge in [0.05, 0.1) is 31.4 Å². The van der Waals surface area contributed by atoms with Crippen LogP contribution in [0.4, 0.5) is 5.95 Å². The van der Waals surface area contributed by atoms with Crippen LogP contribution in [0.5, 0.6) is 0 Å². The summed E-state index contributed by atoms with van der Waals surface area (Å²) in [5, 5.41) is 22.0. The molecule has 9 nitrogen and oxygen atoms in total. The fourth-order valence-corrected chi connectivity index (χ4v) is 2.81. The summed E-state index contributed by atoms with van der Waals surface area (Å²) in [4.78, 5) is 22.8. The lowest BCUT2D eigenvalue weighted by molar-refractivity contribution is -0.107. The highest BCUT2D eigenvalue weighted by Crippen LogP contribution is 2.15. The minimum Gasteiger partial charge on any atom is -0.394 e. The number of nitrogens with one attached hydrogen (secondary N) is 1. The normalized spacial score (nSPS) is 27.8. The zero-order valence-corrected chi connectivity index (χ0v) is 13.3. The summed E-state index contributed by atoms with van der Waals surface area (Å²) in [5.74, 6) is 0.215. The standard InChI is InChI=1S/C15H22N4O5/c20-9-12-13(21)11(1-4-24-12)18-14(22)10-7-16-15(17-8-10)19-2-5-23-6-3-19/h7-8,11-13,20-21H,1-6,9H2,(H,18,22)/t11-,12+,13-/m0/s1. The van der Waals surface area contributed by atoms with Gasteiger partial charge in [0, 0.05) is 32.1 Å². The predicted octanol–water partition coefficient (Wildman–Crippen LogP) is -1.45. The highest BCUT2D eigenvalue weighted by atomic mass is 16.5. The number of aromatic nitrogens is 2. The Labute approximate surface area is 139 Å². The van der Waals surface area contributed by atoms with Gasteiger partial charge in [0.1, 0.15) is 12.2 Å². The second kappa shape index (κ2) is 7.84. The molecular weight excluding hydrogens is 316 g/mol. The number of nitrogens with zero attached hydrogens (tertiary/aromatic N) is 3. The van der Waals surface area contributed by atoms with E-state index < -0.39 is 18.2 Å². The number of carbonyl (C=O) groups excluding carboxylic acids is 1. The number of aliphatic hydroxyl groups is 2. The lowest BCUT2D eigenvalue weighted by Crippen LogP contribution is -2.54. The molecule has 9 heteroatoms. The zero-order chi connectivity index (χ0) is 16.9. The smallest absolute Gasteiger partial charge is 0.254 e. The molecule has 0 unspecified atom stereocenters. The third-order valence-corrected chi connectivity index (χ3v) is 4.24. The Hall–Kier alpha value is -1.81. The average Bonchev–Trinajstić information content (AvgIpc) is 2.64. The third kappa shape index (κ3) is 3.81. The maximum atomic E-state index is 12.3. The maximum Gasteiger partial charge on any atom is 0.254 e. The van der Waals surface area contributed by atoms with E-state index in [0.717, 1.165) is 13.1 Å². The molecule has 3 heterocycles. The quantitative estimate of drug-likeness (QED) is 0.611. The van der Waals surface area contributed by atoms with E-state index in [-0.39, 0.29) is 12.5 Å². The summed E-state index contributed by atoms with van der Waals surface area (Å²) in [7, 11) is 0. The van der Waals surface area contributed by atoms with Crippen molar-refractivity contribution in [3.8, 4) is 0 Å². The topological polar surface area (TPSA) is 117 Å². The Kier molecular flexibility index (Phi) is 5.56. The highest BCUT2D eigenvalue weighted by Gasteiger charge is 2.33. The van der Waals surface area contributed by atoms with E-state index >= 15 is 0 Å². The van der Waals surface area contributed by atoms with E-state index in [1.807, 2.05) is 4.90 Å². The number of hydrogen-bond donors (Lipinski definition) is 3. The summed E-state index contributed by atoms with van der Waals surface area (Å²) in [6, 6.07) is -0.470. The molecule has 1 aromatic heterocycles. The van der Waals surface area contributed by atoms with Gasteiger partial charge < -0.3 is 29.9 Å². The fraction of sp³-hybridized carbons (Fsp3) is 0.667. The number of anilines is 1. The first-order valence-corrected chi connectivity index (χ1v) is 8.05. The summed E-state index contributed by atoms with van der Waals surface area (Å²) in [5.41, 5.74) is 0.325. The van der Waals surface area contributed by atoms with Crippen molar-refractivity contribution in [3.63, 3.8) is 0 Å². The molecule has 1 aromatic rings. The molecule has 2 aliphatic heterocycles. The van der Waals surface area contributed by atoms with Gasteiger partial charge in [0.15, 0.2) is 0 Å². The van der Waals surface area contributed by atoms with Crippen LogP contribution in [0, 0.1) is 0 Å². The second-order valence-electron chi connectivity index (χ2n) is 5.82. The molecule has 24 heavy (non-hydrogen) atoms. The molecule has 0 spiro atoms. The minimum atomic E-state index is -0.943. The van der Waals surface area contributed by atoms with Crippen LogP contribution >= 0.6 is 0 Å². The molecule has 2 aliphatic rings. The first-order valence-electron chi connectivity index (χ1n) is 8.05. The van der Waals surface area contributed by atoms with Crippen molar-refractivity contribution >= 4 is 11.9 Å². The van der Waals surface area contributed by atoms with E-state index in [1.165, 1.54) is 12.4 Å². The van der Waals surface area contributed by atoms with Crippen LogP contribution in [0.2, 0.25) is 0 Å². The van der Waals surface area contributed by atoms with Crippen LogP contribution in [0.25, 0.3) is 0 Å². The predicted molar refractivity (Wildman–Crippen MR) is 83.8 cm³/mol. The van der Waals surface area contributed by atoms with Gasteiger partial charge in [-0.1, -0.05) is 0 Å². The van der Waals surface area contributed by atoms with Crippen LogP contribution in [-0.4, -0.2) is 83.9 Å². The van der Waals surface area contributed by atoms with E-state index in [2.05, 4.69) is 15.3 Å². The van der Waals surface area contributed by atoms with E-state index in [0.29, 0.717) is 37.8 Å². The molecular formula is C15H22N4O5. The SMILES string of the molecule is O=C(N[C@H]1CCO[C@H](CO)[C@H]1O)c1cnc(N2CCOCC2)nc1. The first-order chi connectivity index (χ1) is 11.7. The van der Waals surface area contributed by atoms with Gasteiger partial charge in [-0.2, -0.15) is 0 Å². The second-order valence-corrected chi connectivity index (χ2v) is 5.82. The van der Waals surface area contributed by atoms with Crippen molar-refractivity contribution in [2.75, 3.05) is 44.4 Å².